The summed E-state index contributed by atoms with van der Waals surface area (Å²) in [6.07, 6.45) is 1.63. The zero-order chi connectivity index (χ0) is 22.4. The first-order valence-electron chi connectivity index (χ1n) is 10.6. The highest BCUT2D eigenvalue weighted by Gasteiger charge is 2.21. The van der Waals surface area contributed by atoms with Gasteiger partial charge in [-0.25, -0.2) is 9.37 Å². The number of benzene rings is 2. The van der Waals surface area contributed by atoms with Gasteiger partial charge in [-0.2, -0.15) is 9.61 Å². The average molecular weight is 451 g/mol. The van der Waals surface area contributed by atoms with Gasteiger partial charge in [-0.05, 0) is 49.9 Å². The summed E-state index contributed by atoms with van der Waals surface area (Å²) in [6, 6.07) is 12.7. The van der Waals surface area contributed by atoms with Crippen molar-refractivity contribution >= 4 is 28.8 Å². The van der Waals surface area contributed by atoms with Crippen molar-refractivity contribution in [1.29, 1.82) is 0 Å². The highest BCUT2D eigenvalue weighted by molar-refractivity contribution is 6.30. The number of nitrogen functional groups attached to an aromatic ring is 1. The third kappa shape index (κ3) is 3.57. The Labute approximate surface area is 191 Å². The summed E-state index contributed by atoms with van der Waals surface area (Å²) in [4.78, 5) is 9.33. The number of piperazine rings is 1. The molecule has 2 aromatic heterocycles. The molecule has 6 nitrogen and oxygen atoms in total. The second kappa shape index (κ2) is 8.07. The lowest BCUT2D eigenvalue weighted by molar-refractivity contribution is 0.313. The van der Waals surface area contributed by atoms with E-state index in [1.165, 1.54) is 6.07 Å². The van der Waals surface area contributed by atoms with E-state index < -0.39 is 0 Å². The second-order valence-electron chi connectivity index (χ2n) is 8.22. The van der Waals surface area contributed by atoms with Gasteiger partial charge in [0.25, 0.3) is 0 Å². The van der Waals surface area contributed by atoms with Crippen molar-refractivity contribution in [2.45, 2.75) is 6.92 Å². The molecule has 32 heavy (non-hydrogen) atoms. The minimum atomic E-state index is -0.310. The van der Waals surface area contributed by atoms with Crippen molar-refractivity contribution in [1.82, 2.24) is 19.5 Å². The first-order chi connectivity index (χ1) is 15.4. The van der Waals surface area contributed by atoms with Crippen molar-refractivity contribution < 1.29 is 4.39 Å². The second-order valence-corrected chi connectivity index (χ2v) is 8.65. The highest BCUT2D eigenvalue weighted by Crippen LogP contribution is 2.35. The van der Waals surface area contributed by atoms with Gasteiger partial charge in [0, 0.05) is 53.6 Å². The average Bonchev–Trinajstić information content (AvgIpc) is 3.19. The summed E-state index contributed by atoms with van der Waals surface area (Å²) in [6.45, 7) is 5.66. The van der Waals surface area contributed by atoms with Crippen LogP contribution in [0.2, 0.25) is 5.02 Å². The van der Waals surface area contributed by atoms with Gasteiger partial charge in [0.2, 0.25) is 0 Å². The van der Waals surface area contributed by atoms with Gasteiger partial charge in [0.1, 0.15) is 11.6 Å². The van der Waals surface area contributed by atoms with E-state index in [-0.39, 0.29) is 5.82 Å². The smallest absolute Gasteiger partial charge is 0.165 e. The van der Waals surface area contributed by atoms with Crippen LogP contribution in [0.4, 0.5) is 15.9 Å². The van der Waals surface area contributed by atoms with Gasteiger partial charge >= 0.3 is 0 Å². The van der Waals surface area contributed by atoms with Gasteiger partial charge in [0.15, 0.2) is 5.65 Å². The van der Waals surface area contributed by atoms with Gasteiger partial charge in [-0.1, -0.05) is 23.7 Å². The SMILES string of the molecule is Cc1nc2c(-c3cc(N4CCN(C)CC4)ccc3F)cnn2c(N)c1-c1cccc(Cl)c1. The lowest BCUT2D eigenvalue weighted by Crippen LogP contribution is -2.44. The Morgan fingerprint density at radius 1 is 1.03 bits per heavy atom. The molecule has 8 heteroatoms. The van der Waals surface area contributed by atoms with Gasteiger partial charge in [-0.3, -0.25) is 0 Å². The maximum Gasteiger partial charge on any atom is 0.165 e. The summed E-state index contributed by atoms with van der Waals surface area (Å²) in [7, 11) is 2.11. The van der Waals surface area contributed by atoms with Crippen LogP contribution in [0, 0.1) is 12.7 Å². The molecule has 0 unspecified atom stereocenters. The summed E-state index contributed by atoms with van der Waals surface area (Å²) < 4.78 is 16.5. The number of rotatable bonds is 3. The number of nitrogens with two attached hydrogens (primary N) is 1. The molecule has 1 aliphatic rings. The van der Waals surface area contributed by atoms with E-state index in [2.05, 4.69) is 21.9 Å². The highest BCUT2D eigenvalue weighted by atomic mass is 35.5. The number of aromatic nitrogens is 3. The molecule has 1 aliphatic heterocycles. The number of halogens is 2. The number of fused-ring (bicyclic) bond motifs is 1. The molecular formula is C24H24ClFN6. The van der Waals surface area contributed by atoms with Crippen LogP contribution in [-0.2, 0) is 0 Å². The maximum atomic E-state index is 14.9. The standard InChI is InChI=1S/C24H24ClFN6/c1-15-22(16-4-3-5-17(25)12-16)23(27)32-24(29-15)20(14-28-32)19-13-18(6-7-21(19)26)31-10-8-30(2)9-11-31/h3-7,12-14H,8-11,27H2,1-2H3. The molecule has 0 saturated carbocycles. The first kappa shape index (κ1) is 20.7. The number of nitrogens with zero attached hydrogens (tertiary/aromatic N) is 5. The Bertz CT molecular complexity index is 1310. The molecule has 0 amide bonds. The molecule has 4 aromatic rings. The van der Waals surface area contributed by atoms with Crippen molar-refractivity contribution in [3.05, 3.63) is 65.2 Å². The molecule has 0 bridgehead atoms. The third-order valence-electron chi connectivity index (χ3n) is 6.09. The zero-order valence-electron chi connectivity index (χ0n) is 18.0. The lowest BCUT2D eigenvalue weighted by atomic mass is 10.0. The van der Waals surface area contributed by atoms with E-state index >= 15 is 0 Å². The third-order valence-corrected chi connectivity index (χ3v) is 6.32. The van der Waals surface area contributed by atoms with Crippen molar-refractivity contribution in [3.8, 4) is 22.3 Å². The van der Waals surface area contributed by atoms with Gasteiger partial charge in [-0.15, -0.1) is 0 Å². The monoisotopic (exact) mass is 450 g/mol. The van der Waals surface area contributed by atoms with Crippen LogP contribution in [0.25, 0.3) is 27.9 Å². The van der Waals surface area contributed by atoms with Crippen molar-refractivity contribution in [2.24, 2.45) is 0 Å². The fraction of sp³-hybridized carbons (Fsp3) is 0.250. The minimum Gasteiger partial charge on any atom is -0.383 e. The molecule has 0 radical (unpaired) electrons. The number of aryl methyl sites for hydroxylation is 1. The Kier molecular flexibility index (Phi) is 5.23. The fourth-order valence-electron chi connectivity index (χ4n) is 4.30. The van der Waals surface area contributed by atoms with Crippen LogP contribution in [0.15, 0.2) is 48.7 Å². The van der Waals surface area contributed by atoms with E-state index in [0.717, 1.165) is 48.7 Å². The number of anilines is 2. The van der Waals surface area contributed by atoms with Crippen LogP contribution in [-0.4, -0.2) is 52.7 Å². The Morgan fingerprint density at radius 3 is 2.56 bits per heavy atom. The molecule has 0 aliphatic carbocycles. The predicted octanol–water partition coefficient (Wildman–Crippen LogP) is 4.50. The minimum absolute atomic E-state index is 0.310. The van der Waals surface area contributed by atoms with Crippen LogP contribution in [0.3, 0.4) is 0 Å². The molecular weight excluding hydrogens is 427 g/mol. The quantitative estimate of drug-likeness (QED) is 0.498. The van der Waals surface area contributed by atoms with Gasteiger partial charge in [0.05, 0.1) is 11.9 Å². The fourth-order valence-corrected chi connectivity index (χ4v) is 4.49. The van der Waals surface area contributed by atoms with E-state index in [9.17, 15) is 4.39 Å². The summed E-state index contributed by atoms with van der Waals surface area (Å²) >= 11 is 6.17. The van der Waals surface area contributed by atoms with Crippen molar-refractivity contribution in [2.75, 3.05) is 43.9 Å². The van der Waals surface area contributed by atoms with E-state index in [0.29, 0.717) is 27.6 Å². The molecule has 0 atom stereocenters. The molecule has 5 rings (SSSR count). The Balaban J connectivity index is 1.61. The van der Waals surface area contributed by atoms with Crippen LogP contribution >= 0.6 is 11.6 Å². The first-order valence-corrected chi connectivity index (χ1v) is 10.9. The van der Waals surface area contributed by atoms with Crippen LogP contribution < -0.4 is 10.6 Å². The van der Waals surface area contributed by atoms with E-state index in [1.807, 2.05) is 43.3 Å². The largest absolute Gasteiger partial charge is 0.383 e. The normalized spacial score (nSPS) is 14.9. The Morgan fingerprint density at radius 2 is 1.81 bits per heavy atom. The predicted molar refractivity (Wildman–Crippen MR) is 128 cm³/mol. The van der Waals surface area contributed by atoms with Crippen LogP contribution in [0.1, 0.15) is 5.69 Å². The van der Waals surface area contributed by atoms with E-state index in [4.69, 9.17) is 22.3 Å². The van der Waals surface area contributed by atoms with Crippen LogP contribution in [0.5, 0.6) is 0 Å². The topological polar surface area (TPSA) is 62.7 Å². The number of hydrogen-bond donors (Lipinski definition) is 1. The molecule has 1 fully saturated rings. The Hall–Kier alpha value is -3.16. The lowest BCUT2D eigenvalue weighted by Gasteiger charge is -2.34. The number of likely N-dealkylation sites (N-methyl/N-ethyl adjacent to an activating group) is 1. The number of hydrogen-bond acceptors (Lipinski definition) is 5. The molecule has 2 N–H and O–H groups in total. The summed E-state index contributed by atoms with van der Waals surface area (Å²) in [5, 5.41) is 5.06. The molecule has 0 spiro atoms. The molecule has 164 valence electrons. The molecule has 3 heterocycles. The van der Waals surface area contributed by atoms with E-state index in [1.54, 1.807) is 10.7 Å². The zero-order valence-corrected chi connectivity index (χ0v) is 18.8. The summed E-state index contributed by atoms with van der Waals surface area (Å²) in [5.74, 6) is 0.131. The molecule has 1 saturated heterocycles. The van der Waals surface area contributed by atoms with Crippen molar-refractivity contribution in [3.63, 3.8) is 0 Å². The van der Waals surface area contributed by atoms with Gasteiger partial charge < -0.3 is 15.5 Å². The summed E-state index contributed by atoms with van der Waals surface area (Å²) in [5.41, 5.74) is 11.5. The molecule has 2 aromatic carbocycles. The maximum absolute atomic E-state index is 14.9.